The Morgan fingerprint density at radius 1 is 1.06 bits per heavy atom. The lowest BCUT2D eigenvalue weighted by molar-refractivity contribution is -0.110. The Kier molecular flexibility index (Phi) is 6.02. The molecule has 1 fully saturated rings. The molecule has 31 heavy (non-hydrogen) atoms. The first-order valence-corrected chi connectivity index (χ1v) is 11.9. The van der Waals surface area contributed by atoms with E-state index in [4.69, 9.17) is 9.47 Å². The standard InChI is InChI=1S/C23H26N2O5S/c1-3-30-20-11-8-15(12-21(20)29-2)14-24-31(27,28)17-9-10-19-18(13-17)22(23(26)25-19)16-6-4-5-7-16/h8-13,24H,3-7,14H2,1-2H3,(H,25,26). The number of allylic oxidation sites excluding steroid dienone is 1. The number of hydrogen-bond acceptors (Lipinski definition) is 5. The second kappa shape index (κ2) is 8.72. The fraction of sp³-hybridized carbons (Fsp3) is 0.348. The minimum Gasteiger partial charge on any atom is -0.493 e. The van der Waals surface area contributed by atoms with E-state index in [1.165, 1.54) is 6.07 Å². The van der Waals surface area contributed by atoms with Crippen molar-refractivity contribution in [1.82, 2.24) is 4.72 Å². The monoisotopic (exact) mass is 442 g/mol. The van der Waals surface area contributed by atoms with Crippen molar-refractivity contribution in [1.29, 1.82) is 0 Å². The largest absolute Gasteiger partial charge is 0.493 e. The van der Waals surface area contributed by atoms with Crippen LogP contribution >= 0.6 is 0 Å². The van der Waals surface area contributed by atoms with Crippen molar-refractivity contribution >= 4 is 27.2 Å². The van der Waals surface area contributed by atoms with E-state index in [1.54, 1.807) is 37.4 Å². The maximum Gasteiger partial charge on any atom is 0.256 e. The maximum absolute atomic E-state index is 13.0. The molecule has 2 aromatic rings. The molecule has 0 radical (unpaired) electrons. The van der Waals surface area contributed by atoms with E-state index in [0.717, 1.165) is 36.8 Å². The Labute approximate surface area is 182 Å². The summed E-state index contributed by atoms with van der Waals surface area (Å²) >= 11 is 0. The summed E-state index contributed by atoms with van der Waals surface area (Å²) in [5.74, 6) is 1.02. The quantitative estimate of drug-likeness (QED) is 0.635. The van der Waals surface area contributed by atoms with Gasteiger partial charge in [-0.25, -0.2) is 13.1 Å². The molecule has 1 saturated carbocycles. The van der Waals surface area contributed by atoms with Gasteiger partial charge in [-0.15, -0.1) is 0 Å². The van der Waals surface area contributed by atoms with E-state index in [0.29, 0.717) is 34.9 Å². The van der Waals surface area contributed by atoms with Crippen molar-refractivity contribution in [2.75, 3.05) is 19.0 Å². The van der Waals surface area contributed by atoms with Crippen LogP contribution in [0.1, 0.15) is 43.7 Å². The molecule has 1 aliphatic carbocycles. The molecular weight excluding hydrogens is 416 g/mol. The van der Waals surface area contributed by atoms with E-state index in [-0.39, 0.29) is 17.3 Å². The van der Waals surface area contributed by atoms with Gasteiger partial charge in [-0.2, -0.15) is 0 Å². The molecule has 0 bridgehead atoms. The van der Waals surface area contributed by atoms with Gasteiger partial charge >= 0.3 is 0 Å². The van der Waals surface area contributed by atoms with E-state index in [1.807, 2.05) is 6.92 Å². The Hall–Kier alpha value is -2.84. The molecule has 1 heterocycles. The van der Waals surface area contributed by atoms with Crippen molar-refractivity contribution in [2.45, 2.75) is 44.0 Å². The second-order valence-electron chi connectivity index (χ2n) is 7.59. The Bertz CT molecular complexity index is 1150. The minimum absolute atomic E-state index is 0.104. The molecular formula is C23H26N2O5S. The summed E-state index contributed by atoms with van der Waals surface area (Å²) in [6.07, 6.45) is 3.90. The van der Waals surface area contributed by atoms with Gasteiger partial charge in [-0.3, -0.25) is 4.79 Å². The highest BCUT2D eigenvalue weighted by molar-refractivity contribution is 7.89. The third-order valence-electron chi connectivity index (χ3n) is 5.60. The molecule has 4 rings (SSSR count). The molecule has 164 valence electrons. The van der Waals surface area contributed by atoms with Gasteiger partial charge in [0.1, 0.15) is 0 Å². The molecule has 1 aliphatic heterocycles. The van der Waals surface area contributed by atoms with Gasteiger partial charge in [-0.05, 0) is 68.5 Å². The van der Waals surface area contributed by atoms with Gasteiger partial charge in [0.05, 0.1) is 18.6 Å². The lowest BCUT2D eigenvalue weighted by atomic mass is 10.00. The van der Waals surface area contributed by atoms with Crippen LogP contribution < -0.4 is 19.5 Å². The maximum atomic E-state index is 13.0. The van der Waals surface area contributed by atoms with Crippen molar-refractivity contribution in [3.8, 4) is 11.5 Å². The second-order valence-corrected chi connectivity index (χ2v) is 9.36. The molecule has 7 nitrogen and oxygen atoms in total. The average molecular weight is 443 g/mol. The molecule has 0 unspecified atom stereocenters. The summed E-state index contributed by atoms with van der Waals surface area (Å²) in [6, 6.07) is 10.1. The van der Waals surface area contributed by atoms with Crippen LogP contribution in [0.15, 0.2) is 46.9 Å². The predicted octanol–water partition coefficient (Wildman–Crippen LogP) is 3.85. The Morgan fingerprint density at radius 2 is 1.84 bits per heavy atom. The number of carbonyl (C=O) groups excluding carboxylic acids is 1. The van der Waals surface area contributed by atoms with Crippen LogP contribution in [0.3, 0.4) is 0 Å². The average Bonchev–Trinajstić information content (AvgIpc) is 3.39. The molecule has 0 saturated heterocycles. The fourth-order valence-electron chi connectivity index (χ4n) is 4.07. The zero-order valence-electron chi connectivity index (χ0n) is 17.7. The molecule has 1 amide bonds. The number of carbonyl (C=O) groups is 1. The highest BCUT2D eigenvalue weighted by Gasteiger charge is 2.30. The number of fused-ring (bicyclic) bond motifs is 1. The molecule has 2 aromatic carbocycles. The van der Waals surface area contributed by atoms with Crippen LogP contribution in [0.2, 0.25) is 0 Å². The third-order valence-corrected chi connectivity index (χ3v) is 7.00. The Balaban J connectivity index is 1.57. The molecule has 0 aromatic heterocycles. The number of sulfonamides is 1. The SMILES string of the molecule is CCOc1ccc(CNS(=O)(=O)c2ccc3c(c2)C(=C2CCCC2)C(=O)N3)cc1OC. The zero-order valence-corrected chi connectivity index (χ0v) is 18.5. The van der Waals surface area contributed by atoms with Crippen LogP contribution in [-0.4, -0.2) is 28.0 Å². The van der Waals surface area contributed by atoms with Gasteiger partial charge in [-0.1, -0.05) is 11.6 Å². The van der Waals surface area contributed by atoms with Crippen LogP contribution in [-0.2, 0) is 21.4 Å². The van der Waals surface area contributed by atoms with Crippen LogP contribution in [0.5, 0.6) is 11.5 Å². The zero-order chi connectivity index (χ0) is 22.0. The molecule has 8 heteroatoms. The smallest absolute Gasteiger partial charge is 0.256 e. The van der Waals surface area contributed by atoms with Gasteiger partial charge < -0.3 is 14.8 Å². The first kappa shape index (κ1) is 21.4. The molecule has 0 spiro atoms. The Morgan fingerprint density at radius 3 is 2.55 bits per heavy atom. The fourth-order valence-corrected chi connectivity index (χ4v) is 5.12. The summed E-state index contributed by atoms with van der Waals surface area (Å²) in [6.45, 7) is 2.50. The van der Waals surface area contributed by atoms with Crippen molar-refractivity contribution in [3.05, 3.63) is 53.1 Å². The van der Waals surface area contributed by atoms with Crippen LogP contribution in [0.4, 0.5) is 5.69 Å². The highest BCUT2D eigenvalue weighted by Crippen LogP contribution is 2.40. The van der Waals surface area contributed by atoms with Gasteiger partial charge in [0, 0.05) is 23.4 Å². The number of ether oxygens (including phenoxy) is 2. The minimum atomic E-state index is -3.77. The van der Waals surface area contributed by atoms with Gasteiger partial charge in [0.25, 0.3) is 5.91 Å². The first-order chi connectivity index (χ1) is 14.9. The van der Waals surface area contributed by atoms with Crippen molar-refractivity contribution in [2.24, 2.45) is 0 Å². The number of rotatable bonds is 7. The van der Waals surface area contributed by atoms with E-state index >= 15 is 0 Å². The summed E-state index contributed by atoms with van der Waals surface area (Å²) in [5, 5.41) is 2.85. The molecule has 2 N–H and O–H groups in total. The number of hydrogen-bond donors (Lipinski definition) is 2. The van der Waals surface area contributed by atoms with Crippen molar-refractivity contribution < 1.29 is 22.7 Å². The van der Waals surface area contributed by atoms with Gasteiger partial charge in [0.15, 0.2) is 11.5 Å². The van der Waals surface area contributed by atoms with E-state index in [9.17, 15) is 13.2 Å². The first-order valence-electron chi connectivity index (χ1n) is 10.4. The molecule has 0 atom stereocenters. The summed E-state index contributed by atoms with van der Waals surface area (Å²) in [5.41, 5.74) is 3.83. The number of benzene rings is 2. The third kappa shape index (κ3) is 4.31. The normalized spacial score (nSPS) is 15.7. The van der Waals surface area contributed by atoms with Crippen LogP contribution in [0.25, 0.3) is 5.57 Å². The summed E-state index contributed by atoms with van der Waals surface area (Å²) in [4.78, 5) is 12.6. The topological polar surface area (TPSA) is 93.7 Å². The number of nitrogens with one attached hydrogen (secondary N) is 2. The predicted molar refractivity (Wildman–Crippen MR) is 119 cm³/mol. The van der Waals surface area contributed by atoms with E-state index < -0.39 is 10.0 Å². The van der Waals surface area contributed by atoms with Gasteiger partial charge in [0.2, 0.25) is 10.0 Å². The number of methoxy groups -OCH3 is 1. The van der Waals surface area contributed by atoms with Crippen molar-refractivity contribution in [3.63, 3.8) is 0 Å². The molecule has 2 aliphatic rings. The lowest BCUT2D eigenvalue weighted by Gasteiger charge is -2.12. The van der Waals surface area contributed by atoms with E-state index in [2.05, 4.69) is 10.0 Å². The summed E-state index contributed by atoms with van der Waals surface area (Å²) in [7, 11) is -2.22. The van der Waals surface area contributed by atoms with Crippen LogP contribution in [0, 0.1) is 0 Å². The lowest BCUT2D eigenvalue weighted by Crippen LogP contribution is -2.23. The number of anilines is 1. The highest BCUT2D eigenvalue weighted by atomic mass is 32.2. The summed E-state index contributed by atoms with van der Waals surface area (Å²) < 4.78 is 39.4. The number of amides is 1.